The molecule has 0 aromatic carbocycles. The van der Waals surface area contributed by atoms with Crippen molar-refractivity contribution in [2.75, 3.05) is 0 Å². The molecular weight excluding hydrogens is 394 g/mol. The summed E-state index contributed by atoms with van der Waals surface area (Å²) in [6.07, 6.45) is 10.2. The van der Waals surface area contributed by atoms with Crippen LogP contribution < -0.4 is 5.73 Å². The number of nitrogens with two attached hydrogens (primary N) is 1. The van der Waals surface area contributed by atoms with Crippen LogP contribution in [-0.2, 0) is 16.1 Å². The number of likely N-dealkylation sites (tertiary alicyclic amines) is 1. The molecule has 3 heterocycles. The van der Waals surface area contributed by atoms with Crippen LogP contribution in [0.2, 0.25) is 0 Å². The van der Waals surface area contributed by atoms with Crippen LogP contribution in [0, 0.1) is 17.8 Å². The molecule has 3 fully saturated rings. The first kappa shape index (κ1) is 20.2. The topological polar surface area (TPSA) is 111 Å². The van der Waals surface area contributed by atoms with Gasteiger partial charge in [-0.1, -0.05) is 26.2 Å². The van der Waals surface area contributed by atoms with Crippen molar-refractivity contribution in [2.24, 2.45) is 23.5 Å². The normalized spacial score (nSPS) is 29.7. The second-order valence-corrected chi connectivity index (χ2v) is 9.69. The molecule has 0 radical (unpaired) electrons. The summed E-state index contributed by atoms with van der Waals surface area (Å²) in [7, 11) is 0. The smallest absolute Gasteiger partial charge is 0.269 e. The number of aromatic nitrogens is 3. The van der Waals surface area contributed by atoms with Gasteiger partial charge in [-0.2, -0.15) is 5.10 Å². The molecule has 2 saturated carbocycles. The molecule has 2 aromatic rings. The van der Waals surface area contributed by atoms with E-state index in [1.807, 2.05) is 4.90 Å². The monoisotopic (exact) mass is 423 g/mol. The number of amides is 2. The van der Waals surface area contributed by atoms with Crippen LogP contribution in [0.5, 0.6) is 0 Å². The molecule has 0 unspecified atom stereocenters. The Bertz CT molecular complexity index is 1050. The molecule has 1 aliphatic heterocycles. The number of carbonyl (C=O) groups is 3. The standard InChI is InChI=1S/C23H29N5O3/c1-13-3-2-4-14(7-13)8-20(29)18-10-15-9-17(15)28(18)21(30)12-27-19-11-25-6-5-16(19)22(26-27)23(24)31/h5-6,11,13-15,17-18H,2-4,7-10,12H2,1H3,(H2,24,31)/t13-,14+,15+,17+,18-/m0/s1. The Labute approximate surface area is 181 Å². The highest BCUT2D eigenvalue weighted by Gasteiger charge is 2.55. The van der Waals surface area contributed by atoms with Gasteiger partial charge < -0.3 is 10.6 Å². The Balaban J connectivity index is 1.33. The molecule has 164 valence electrons. The van der Waals surface area contributed by atoms with Gasteiger partial charge in [0.2, 0.25) is 5.91 Å². The van der Waals surface area contributed by atoms with E-state index < -0.39 is 5.91 Å². The summed E-state index contributed by atoms with van der Waals surface area (Å²) in [6, 6.07) is 1.53. The van der Waals surface area contributed by atoms with E-state index in [2.05, 4.69) is 17.0 Å². The summed E-state index contributed by atoms with van der Waals surface area (Å²) < 4.78 is 1.49. The van der Waals surface area contributed by atoms with E-state index in [1.54, 1.807) is 18.5 Å². The van der Waals surface area contributed by atoms with Gasteiger partial charge in [-0.25, -0.2) is 0 Å². The number of carbonyl (C=O) groups excluding carboxylic acids is 3. The zero-order valence-electron chi connectivity index (χ0n) is 17.9. The van der Waals surface area contributed by atoms with E-state index >= 15 is 0 Å². The van der Waals surface area contributed by atoms with E-state index in [4.69, 9.17) is 5.73 Å². The number of fused-ring (bicyclic) bond motifs is 2. The molecule has 2 aliphatic carbocycles. The fourth-order valence-electron chi connectivity index (χ4n) is 5.80. The molecule has 8 heteroatoms. The van der Waals surface area contributed by atoms with Gasteiger partial charge in [0, 0.05) is 24.0 Å². The average molecular weight is 424 g/mol. The van der Waals surface area contributed by atoms with Gasteiger partial charge in [0.1, 0.15) is 6.54 Å². The number of hydrogen-bond acceptors (Lipinski definition) is 5. The molecular formula is C23H29N5O3. The lowest BCUT2D eigenvalue weighted by Crippen LogP contribution is -2.45. The van der Waals surface area contributed by atoms with Crippen molar-refractivity contribution in [2.45, 2.75) is 70.5 Å². The molecule has 1 saturated heterocycles. The SMILES string of the molecule is C[C@H]1CCC[C@@H](CC(=O)[C@@H]2C[C@H]3C[C@H]3N2C(=O)Cn2nc(C(N)=O)c3ccncc32)C1. The molecule has 2 N–H and O–H groups in total. The van der Waals surface area contributed by atoms with Gasteiger partial charge in [0.05, 0.1) is 17.8 Å². The maximum Gasteiger partial charge on any atom is 0.269 e. The molecule has 2 aromatic heterocycles. The van der Waals surface area contributed by atoms with Crippen molar-refractivity contribution in [1.29, 1.82) is 0 Å². The maximum absolute atomic E-state index is 13.3. The molecule has 2 amide bonds. The van der Waals surface area contributed by atoms with E-state index in [0.717, 1.165) is 25.7 Å². The largest absolute Gasteiger partial charge is 0.364 e. The summed E-state index contributed by atoms with van der Waals surface area (Å²) >= 11 is 0. The second kappa shape index (κ2) is 7.73. The summed E-state index contributed by atoms with van der Waals surface area (Å²) in [5.41, 5.74) is 6.19. The van der Waals surface area contributed by atoms with Gasteiger partial charge in [-0.05, 0) is 43.1 Å². The molecule has 0 spiro atoms. The molecule has 8 nitrogen and oxygen atoms in total. The minimum Gasteiger partial charge on any atom is -0.364 e. The van der Waals surface area contributed by atoms with Crippen molar-refractivity contribution in [3.63, 3.8) is 0 Å². The Morgan fingerprint density at radius 1 is 1.19 bits per heavy atom. The predicted molar refractivity (Wildman–Crippen MR) is 114 cm³/mol. The number of rotatable bonds is 6. The third kappa shape index (κ3) is 3.72. The van der Waals surface area contributed by atoms with Gasteiger partial charge in [0.15, 0.2) is 11.5 Å². The number of hydrogen-bond donors (Lipinski definition) is 1. The third-order valence-corrected chi connectivity index (χ3v) is 7.37. The van der Waals surface area contributed by atoms with Crippen LogP contribution in [-0.4, -0.2) is 49.3 Å². The van der Waals surface area contributed by atoms with Gasteiger partial charge >= 0.3 is 0 Å². The summed E-state index contributed by atoms with van der Waals surface area (Å²) in [5, 5.41) is 4.86. The van der Waals surface area contributed by atoms with E-state index in [1.165, 1.54) is 17.5 Å². The molecule has 0 bridgehead atoms. The van der Waals surface area contributed by atoms with Crippen molar-refractivity contribution in [3.05, 3.63) is 24.2 Å². The highest BCUT2D eigenvalue weighted by molar-refractivity contribution is 6.04. The first-order valence-corrected chi connectivity index (χ1v) is 11.4. The van der Waals surface area contributed by atoms with E-state index in [-0.39, 0.29) is 36.0 Å². The number of pyridine rings is 1. The fourth-order valence-corrected chi connectivity index (χ4v) is 5.80. The number of ketones is 1. The molecule has 3 aliphatic rings. The third-order valence-electron chi connectivity index (χ3n) is 7.37. The first-order chi connectivity index (χ1) is 14.9. The van der Waals surface area contributed by atoms with Crippen LogP contribution in [0.15, 0.2) is 18.5 Å². The Morgan fingerprint density at radius 2 is 2.03 bits per heavy atom. The average Bonchev–Trinajstić information content (AvgIpc) is 3.24. The minimum absolute atomic E-state index is 0.0249. The van der Waals surface area contributed by atoms with Crippen molar-refractivity contribution in [1.82, 2.24) is 19.7 Å². The van der Waals surface area contributed by atoms with Crippen LogP contribution in [0.3, 0.4) is 0 Å². The quantitative estimate of drug-likeness (QED) is 0.766. The summed E-state index contributed by atoms with van der Waals surface area (Å²) in [5.74, 6) is 1.03. The van der Waals surface area contributed by atoms with Gasteiger partial charge in [0.25, 0.3) is 5.91 Å². The predicted octanol–water partition coefficient (Wildman–Crippen LogP) is 2.31. The molecule has 31 heavy (non-hydrogen) atoms. The highest BCUT2D eigenvalue weighted by Crippen LogP contribution is 2.48. The number of primary amides is 1. The highest BCUT2D eigenvalue weighted by atomic mass is 16.2. The fraction of sp³-hybridized carbons (Fsp3) is 0.609. The van der Waals surface area contributed by atoms with Crippen molar-refractivity contribution < 1.29 is 14.4 Å². The van der Waals surface area contributed by atoms with Crippen LogP contribution in [0.1, 0.15) is 62.4 Å². The second-order valence-electron chi connectivity index (χ2n) is 9.69. The number of Topliss-reactive ketones (excluding diaryl/α,β-unsaturated/α-hetero) is 1. The Hall–Kier alpha value is -2.77. The summed E-state index contributed by atoms with van der Waals surface area (Å²) in [4.78, 5) is 44.2. The number of piperidine rings is 1. The van der Waals surface area contributed by atoms with Crippen LogP contribution >= 0.6 is 0 Å². The number of nitrogens with zero attached hydrogens (tertiary/aromatic N) is 4. The van der Waals surface area contributed by atoms with Crippen molar-refractivity contribution >= 4 is 28.5 Å². The Kier molecular flexibility index (Phi) is 5.02. The Morgan fingerprint density at radius 3 is 2.81 bits per heavy atom. The van der Waals surface area contributed by atoms with E-state index in [0.29, 0.717) is 35.1 Å². The van der Waals surface area contributed by atoms with E-state index in [9.17, 15) is 14.4 Å². The van der Waals surface area contributed by atoms with Gasteiger partial charge in [-0.3, -0.25) is 24.0 Å². The first-order valence-electron chi connectivity index (χ1n) is 11.4. The summed E-state index contributed by atoms with van der Waals surface area (Å²) in [6.45, 7) is 2.24. The zero-order valence-corrected chi connectivity index (χ0v) is 17.9. The lowest BCUT2D eigenvalue weighted by atomic mass is 9.79. The van der Waals surface area contributed by atoms with Crippen LogP contribution in [0.25, 0.3) is 10.9 Å². The zero-order chi connectivity index (χ0) is 21.7. The maximum atomic E-state index is 13.3. The van der Waals surface area contributed by atoms with Crippen molar-refractivity contribution in [3.8, 4) is 0 Å². The molecule has 5 atom stereocenters. The van der Waals surface area contributed by atoms with Crippen LogP contribution in [0.4, 0.5) is 0 Å². The lowest BCUT2D eigenvalue weighted by Gasteiger charge is -2.30. The lowest BCUT2D eigenvalue weighted by molar-refractivity contribution is -0.140. The molecule has 5 rings (SSSR count). The van der Waals surface area contributed by atoms with Gasteiger partial charge in [-0.15, -0.1) is 0 Å². The minimum atomic E-state index is -0.638.